The first kappa shape index (κ1) is 10.5. The fourth-order valence-corrected chi connectivity index (χ4v) is 0.975. The van der Waals surface area contributed by atoms with Crippen LogP contribution in [0.5, 0.6) is 0 Å². The summed E-state index contributed by atoms with van der Waals surface area (Å²) in [4.78, 5) is 11.2. The molecular formula is C9H10BNO3. The minimum absolute atomic E-state index is 0.193. The van der Waals surface area contributed by atoms with Crippen LogP contribution in [0.15, 0.2) is 36.9 Å². The maximum absolute atomic E-state index is 11.2. The first-order valence-corrected chi connectivity index (χ1v) is 4.02. The van der Waals surface area contributed by atoms with Crippen LogP contribution in [0.3, 0.4) is 0 Å². The van der Waals surface area contributed by atoms with E-state index in [1.54, 1.807) is 24.3 Å². The third-order valence-corrected chi connectivity index (χ3v) is 1.66. The van der Waals surface area contributed by atoms with E-state index in [0.717, 1.165) is 0 Å². The number of nitrogens with one attached hydrogen (secondary N) is 1. The smallest absolute Gasteiger partial charge is 0.408 e. The summed E-state index contributed by atoms with van der Waals surface area (Å²) in [5, 5.41) is 18.9. The molecule has 0 aliphatic carbocycles. The van der Waals surface area contributed by atoms with Gasteiger partial charge in [-0.1, -0.05) is 36.9 Å². The van der Waals surface area contributed by atoms with E-state index in [9.17, 15) is 4.79 Å². The van der Waals surface area contributed by atoms with Crippen LogP contribution in [0.2, 0.25) is 0 Å². The lowest BCUT2D eigenvalue weighted by Crippen LogP contribution is -2.39. The summed E-state index contributed by atoms with van der Waals surface area (Å²) >= 11 is 0. The summed E-state index contributed by atoms with van der Waals surface area (Å²) in [5.74, 6) is -0.605. The maximum Gasteiger partial charge on any atom is 0.587 e. The summed E-state index contributed by atoms with van der Waals surface area (Å²) in [5.41, 5.74) is 0.837. The Kier molecular flexibility index (Phi) is 3.44. The fraction of sp³-hybridized carbons (Fsp3) is 0. The van der Waals surface area contributed by atoms with Gasteiger partial charge in [0.15, 0.2) is 0 Å². The average molecular weight is 191 g/mol. The molecule has 0 heterocycles. The van der Waals surface area contributed by atoms with Gasteiger partial charge in [0.25, 0.3) is 0 Å². The number of benzene rings is 1. The number of hydrogen-bond donors (Lipinski definition) is 3. The topological polar surface area (TPSA) is 69.6 Å². The van der Waals surface area contributed by atoms with Crippen molar-refractivity contribution in [2.24, 2.45) is 0 Å². The van der Waals surface area contributed by atoms with Gasteiger partial charge in [-0.3, -0.25) is 4.79 Å². The van der Waals surface area contributed by atoms with E-state index in [1.165, 1.54) is 0 Å². The average Bonchev–Trinajstić information content (AvgIpc) is 2.17. The lowest BCUT2D eigenvalue weighted by Gasteiger charge is -2.05. The van der Waals surface area contributed by atoms with Crippen molar-refractivity contribution < 1.29 is 14.8 Å². The number of rotatable bonds is 3. The Hall–Kier alpha value is -1.59. The molecule has 1 amide bonds. The zero-order chi connectivity index (χ0) is 10.6. The van der Waals surface area contributed by atoms with Crippen LogP contribution in [-0.4, -0.2) is 23.2 Å². The van der Waals surface area contributed by atoms with Crippen LogP contribution < -0.4 is 5.23 Å². The van der Waals surface area contributed by atoms with Gasteiger partial charge >= 0.3 is 7.25 Å². The quantitative estimate of drug-likeness (QED) is 0.457. The molecule has 0 saturated carbocycles. The Balaban J connectivity index is 2.72. The highest BCUT2D eigenvalue weighted by molar-refractivity contribution is 6.46. The van der Waals surface area contributed by atoms with Crippen molar-refractivity contribution >= 4 is 18.7 Å². The highest BCUT2D eigenvalue weighted by Crippen LogP contribution is 2.10. The molecule has 1 rings (SSSR count). The van der Waals surface area contributed by atoms with Gasteiger partial charge in [-0.25, -0.2) is 0 Å². The molecule has 4 nitrogen and oxygen atoms in total. The van der Waals surface area contributed by atoms with Crippen LogP contribution in [0.25, 0.3) is 5.57 Å². The summed E-state index contributed by atoms with van der Waals surface area (Å²) in [6, 6.07) is 8.78. The third kappa shape index (κ3) is 2.72. The van der Waals surface area contributed by atoms with Gasteiger partial charge in [0.05, 0.1) is 0 Å². The molecule has 0 aliphatic rings. The van der Waals surface area contributed by atoms with Crippen molar-refractivity contribution in [3.8, 4) is 0 Å². The van der Waals surface area contributed by atoms with E-state index in [4.69, 9.17) is 10.0 Å². The van der Waals surface area contributed by atoms with E-state index >= 15 is 0 Å². The molecule has 0 saturated heterocycles. The van der Waals surface area contributed by atoms with Gasteiger partial charge in [0.2, 0.25) is 5.91 Å². The molecule has 72 valence electrons. The van der Waals surface area contributed by atoms with Crippen LogP contribution in [0, 0.1) is 0 Å². The largest absolute Gasteiger partial charge is 0.587 e. The van der Waals surface area contributed by atoms with E-state index in [-0.39, 0.29) is 5.57 Å². The first-order valence-electron chi connectivity index (χ1n) is 4.02. The van der Waals surface area contributed by atoms with Gasteiger partial charge in [0.1, 0.15) is 0 Å². The van der Waals surface area contributed by atoms with Crippen LogP contribution >= 0.6 is 0 Å². The first-order chi connectivity index (χ1) is 6.61. The molecular weight excluding hydrogens is 181 g/mol. The second-order valence-corrected chi connectivity index (χ2v) is 2.69. The number of hydrogen-bond acceptors (Lipinski definition) is 3. The van der Waals surface area contributed by atoms with Crippen molar-refractivity contribution in [2.45, 2.75) is 0 Å². The normalized spacial score (nSPS) is 9.29. The Bertz CT molecular complexity index is 337. The van der Waals surface area contributed by atoms with E-state index in [1.807, 2.05) is 11.3 Å². The molecule has 0 aromatic heterocycles. The Labute approximate surface area is 82.1 Å². The van der Waals surface area contributed by atoms with Crippen molar-refractivity contribution in [2.75, 3.05) is 0 Å². The van der Waals surface area contributed by atoms with Gasteiger partial charge in [0, 0.05) is 5.57 Å². The predicted molar refractivity (Wildman–Crippen MR) is 53.8 cm³/mol. The van der Waals surface area contributed by atoms with E-state index in [2.05, 4.69) is 6.58 Å². The van der Waals surface area contributed by atoms with E-state index < -0.39 is 13.2 Å². The maximum atomic E-state index is 11.2. The molecule has 0 unspecified atom stereocenters. The molecule has 3 N–H and O–H groups in total. The molecule has 0 aliphatic heterocycles. The second kappa shape index (κ2) is 4.60. The van der Waals surface area contributed by atoms with Crippen molar-refractivity contribution in [3.63, 3.8) is 0 Å². The monoisotopic (exact) mass is 191 g/mol. The Morgan fingerprint density at radius 1 is 1.29 bits per heavy atom. The fourth-order valence-electron chi connectivity index (χ4n) is 0.975. The summed E-state index contributed by atoms with van der Waals surface area (Å²) < 4.78 is 0. The minimum atomic E-state index is -1.86. The molecule has 14 heavy (non-hydrogen) atoms. The van der Waals surface area contributed by atoms with Gasteiger partial charge < -0.3 is 15.3 Å². The van der Waals surface area contributed by atoms with Crippen LogP contribution in [0.4, 0.5) is 0 Å². The molecule has 1 aromatic rings. The third-order valence-electron chi connectivity index (χ3n) is 1.66. The molecule has 1 aromatic carbocycles. The zero-order valence-corrected chi connectivity index (χ0v) is 7.47. The highest BCUT2D eigenvalue weighted by Gasteiger charge is 2.15. The lowest BCUT2D eigenvalue weighted by molar-refractivity contribution is -0.114. The SMILES string of the molecule is C=C(C(=O)NB(O)O)c1ccccc1. The van der Waals surface area contributed by atoms with Gasteiger partial charge in [-0.2, -0.15) is 0 Å². The van der Waals surface area contributed by atoms with Gasteiger partial charge in [-0.05, 0) is 5.56 Å². The summed E-state index contributed by atoms with van der Waals surface area (Å²) in [6.07, 6.45) is 0. The minimum Gasteiger partial charge on any atom is -0.408 e. The molecule has 0 atom stereocenters. The van der Waals surface area contributed by atoms with Crippen LogP contribution in [0.1, 0.15) is 5.56 Å². The van der Waals surface area contributed by atoms with Crippen molar-refractivity contribution in [1.29, 1.82) is 0 Å². The summed E-state index contributed by atoms with van der Waals surface area (Å²) in [7, 11) is -1.86. The summed E-state index contributed by atoms with van der Waals surface area (Å²) in [6.45, 7) is 3.54. The molecule has 0 spiro atoms. The van der Waals surface area contributed by atoms with E-state index in [0.29, 0.717) is 5.56 Å². The molecule has 5 heteroatoms. The predicted octanol–water partition coefficient (Wildman–Crippen LogP) is -0.215. The van der Waals surface area contributed by atoms with Crippen LogP contribution in [-0.2, 0) is 4.79 Å². The van der Waals surface area contributed by atoms with Crippen molar-refractivity contribution in [3.05, 3.63) is 42.5 Å². The van der Waals surface area contributed by atoms with Crippen molar-refractivity contribution in [1.82, 2.24) is 5.23 Å². The Morgan fingerprint density at radius 2 is 1.86 bits per heavy atom. The van der Waals surface area contributed by atoms with Gasteiger partial charge in [-0.15, -0.1) is 0 Å². The lowest BCUT2D eigenvalue weighted by atomic mass is 10.0. The molecule has 0 fully saturated rings. The second-order valence-electron chi connectivity index (χ2n) is 2.69. The highest BCUT2D eigenvalue weighted by atomic mass is 16.4. The number of carbonyl (C=O) groups excluding carboxylic acids is 1. The zero-order valence-electron chi connectivity index (χ0n) is 7.47. The standard InChI is InChI=1S/C9H10BNO3/c1-7(9(12)11-10(13)14)8-5-3-2-4-6-8/h2-6,13-14H,1H2,(H,11,12). The number of carbonyl (C=O) groups is 1. The molecule has 0 radical (unpaired) electrons. The molecule has 0 bridgehead atoms. The number of amides is 1. The Morgan fingerprint density at radius 3 is 2.36 bits per heavy atom.